The number of hydrogen-bond acceptors (Lipinski definition) is 8. The first kappa shape index (κ1) is 22.1. The Morgan fingerprint density at radius 1 is 1.22 bits per heavy atom. The maximum atomic E-state index is 6.19. The molecular formula is C23H33N7O2. The zero-order valence-electron chi connectivity index (χ0n) is 19.2. The van der Waals surface area contributed by atoms with Crippen LogP contribution in [0.5, 0.6) is 11.8 Å². The molecular weight excluding hydrogens is 406 g/mol. The molecule has 0 spiro atoms. The molecule has 0 saturated carbocycles. The smallest absolute Gasteiger partial charge is 0.336 e. The van der Waals surface area contributed by atoms with Crippen molar-refractivity contribution in [2.24, 2.45) is 0 Å². The van der Waals surface area contributed by atoms with E-state index in [1.54, 1.807) is 10.7 Å². The van der Waals surface area contributed by atoms with E-state index in [4.69, 9.17) is 15.2 Å². The van der Waals surface area contributed by atoms with Gasteiger partial charge in [-0.25, -0.2) is 9.50 Å². The molecule has 9 heteroatoms. The molecule has 0 bridgehead atoms. The molecule has 0 atom stereocenters. The van der Waals surface area contributed by atoms with Gasteiger partial charge in [-0.1, -0.05) is 19.4 Å². The molecule has 4 rings (SSSR count). The predicted molar refractivity (Wildman–Crippen MR) is 126 cm³/mol. The third-order valence-corrected chi connectivity index (χ3v) is 5.40. The summed E-state index contributed by atoms with van der Waals surface area (Å²) in [6.45, 7) is 10.7. The highest BCUT2D eigenvalue weighted by molar-refractivity contribution is 5.62. The average Bonchev–Trinajstić information content (AvgIpc) is 3.17. The number of benzene rings is 1. The summed E-state index contributed by atoms with van der Waals surface area (Å²) in [7, 11) is 0. The van der Waals surface area contributed by atoms with Crippen LogP contribution in [0.1, 0.15) is 44.9 Å². The molecule has 1 aromatic carbocycles. The van der Waals surface area contributed by atoms with Gasteiger partial charge < -0.3 is 25.4 Å². The Morgan fingerprint density at radius 2 is 2.03 bits per heavy atom. The number of hydrogen-bond donors (Lipinski definition) is 2. The molecule has 3 N–H and O–H groups in total. The molecule has 2 aromatic heterocycles. The molecule has 9 nitrogen and oxygen atoms in total. The van der Waals surface area contributed by atoms with Gasteiger partial charge >= 0.3 is 6.01 Å². The van der Waals surface area contributed by atoms with E-state index in [0.717, 1.165) is 61.7 Å². The number of piperazine rings is 1. The fourth-order valence-electron chi connectivity index (χ4n) is 3.81. The Bertz CT molecular complexity index is 1040. The van der Waals surface area contributed by atoms with Gasteiger partial charge in [0.15, 0.2) is 11.5 Å². The lowest BCUT2D eigenvalue weighted by Crippen LogP contribution is -2.43. The maximum absolute atomic E-state index is 6.19. The third-order valence-electron chi connectivity index (χ3n) is 5.40. The van der Waals surface area contributed by atoms with Gasteiger partial charge in [0.1, 0.15) is 5.75 Å². The molecule has 172 valence electrons. The summed E-state index contributed by atoms with van der Waals surface area (Å²) in [5.74, 6) is 1.22. The van der Waals surface area contributed by atoms with Crippen molar-refractivity contribution in [3.63, 3.8) is 0 Å². The zero-order valence-corrected chi connectivity index (χ0v) is 19.2. The van der Waals surface area contributed by atoms with Crippen LogP contribution in [-0.2, 0) is 6.42 Å². The highest BCUT2D eigenvalue weighted by atomic mass is 16.5. The van der Waals surface area contributed by atoms with Gasteiger partial charge in [-0.3, -0.25) is 0 Å². The number of nitrogens with two attached hydrogens (primary N) is 1. The van der Waals surface area contributed by atoms with Crippen molar-refractivity contribution in [2.75, 3.05) is 43.4 Å². The Kier molecular flexibility index (Phi) is 6.94. The number of nitrogens with one attached hydrogen (secondary N) is 1. The first-order valence-electron chi connectivity index (χ1n) is 11.4. The molecule has 0 aliphatic carbocycles. The van der Waals surface area contributed by atoms with Crippen molar-refractivity contribution < 1.29 is 9.47 Å². The van der Waals surface area contributed by atoms with Crippen LogP contribution in [0, 0.1) is 0 Å². The first-order chi connectivity index (χ1) is 15.5. The number of imidazole rings is 1. The van der Waals surface area contributed by atoms with E-state index in [-0.39, 0.29) is 12.1 Å². The van der Waals surface area contributed by atoms with Crippen LogP contribution in [-0.4, -0.2) is 58.5 Å². The minimum Gasteiger partial charge on any atom is -0.489 e. The summed E-state index contributed by atoms with van der Waals surface area (Å²) < 4.78 is 13.6. The van der Waals surface area contributed by atoms with Gasteiger partial charge in [-0.2, -0.15) is 4.98 Å². The molecule has 1 saturated heterocycles. The number of rotatable bonds is 9. The summed E-state index contributed by atoms with van der Waals surface area (Å²) in [5, 5.41) is 7.92. The number of fused-ring (bicyclic) bond motifs is 1. The maximum Gasteiger partial charge on any atom is 0.336 e. The Morgan fingerprint density at radius 3 is 2.78 bits per heavy atom. The fourth-order valence-corrected chi connectivity index (χ4v) is 3.81. The molecule has 32 heavy (non-hydrogen) atoms. The fraction of sp³-hybridized carbons (Fsp3) is 0.522. The van der Waals surface area contributed by atoms with Crippen molar-refractivity contribution in [2.45, 2.75) is 46.1 Å². The van der Waals surface area contributed by atoms with Crippen molar-refractivity contribution in [3.8, 4) is 11.8 Å². The second-order valence-corrected chi connectivity index (χ2v) is 8.35. The van der Waals surface area contributed by atoms with E-state index < -0.39 is 0 Å². The van der Waals surface area contributed by atoms with E-state index in [1.165, 1.54) is 0 Å². The lowest BCUT2D eigenvalue weighted by molar-refractivity contribution is 0.242. The highest BCUT2D eigenvalue weighted by Gasteiger charge is 2.18. The minimum absolute atomic E-state index is 0.0954. The zero-order chi connectivity index (χ0) is 22.5. The SMILES string of the molecule is CCCCOc1nc(N)c2ncc(Cc3ccc(N4CCNCC4)c(OC(C)C)c3)n2n1. The van der Waals surface area contributed by atoms with Crippen LogP contribution in [0.4, 0.5) is 11.5 Å². The Balaban J connectivity index is 1.61. The number of nitrogens with zero attached hydrogens (tertiary/aromatic N) is 5. The molecule has 3 aromatic rings. The average molecular weight is 440 g/mol. The van der Waals surface area contributed by atoms with Gasteiger partial charge in [0.25, 0.3) is 0 Å². The normalized spacial score (nSPS) is 14.3. The standard InChI is InChI=1S/C23H33N7O2/c1-4-5-12-31-23-27-21(24)22-26-15-18(30(22)28-23)13-17-6-7-19(20(14-17)32-16(2)3)29-10-8-25-9-11-29/h6-7,14-16,25H,4-5,8-13H2,1-3H3,(H2,24,27,28). The van der Waals surface area contributed by atoms with Gasteiger partial charge in [0.2, 0.25) is 0 Å². The quantitative estimate of drug-likeness (QED) is 0.491. The summed E-state index contributed by atoms with van der Waals surface area (Å²) >= 11 is 0. The molecule has 3 heterocycles. The van der Waals surface area contributed by atoms with Gasteiger partial charge in [0, 0.05) is 32.6 Å². The number of aromatic nitrogens is 4. The highest BCUT2D eigenvalue weighted by Crippen LogP contribution is 2.32. The monoisotopic (exact) mass is 439 g/mol. The van der Waals surface area contributed by atoms with Crippen molar-refractivity contribution in [3.05, 3.63) is 35.7 Å². The topological polar surface area (TPSA) is 103 Å². The molecule has 0 amide bonds. The summed E-state index contributed by atoms with van der Waals surface area (Å²) in [4.78, 5) is 11.0. The van der Waals surface area contributed by atoms with Gasteiger partial charge in [0.05, 0.1) is 30.3 Å². The van der Waals surface area contributed by atoms with Crippen molar-refractivity contribution in [1.29, 1.82) is 0 Å². The van der Waals surface area contributed by atoms with Crippen LogP contribution >= 0.6 is 0 Å². The van der Waals surface area contributed by atoms with Crippen LogP contribution in [0.15, 0.2) is 24.4 Å². The lowest BCUT2D eigenvalue weighted by Gasteiger charge is -2.31. The van der Waals surface area contributed by atoms with E-state index >= 15 is 0 Å². The minimum atomic E-state index is 0.0954. The first-order valence-corrected chi connectivity index (χ1v) is 11.4. The van der Waals surface area contributed by atoms with Gasteiger partial charge in [-0.05, 0) is 38.0 Å². The van der Waals surface area contributed by atoms with E-state index in [2.05, 4.69) is 64.3 Å². The summed E-state index contributed by atoms with van der Waals surface area (Å²) in [5.41, 5.74) is 9.82. The van der Waals surface area contributed by atoms with Crippen molar-refractivity contribution in [1.82, 2.24) is 24.9 Å². The van der Waals surface area contributed by atoms with Crippen LogP contribution in [0.3, 0.4) is 0 Å². The van der Waals surface area contributed by atoms with Crippen LogP contribution in [0.2, 0.25) is 0 Å². The second-order valence-electron chi connectivity index (χ2n) is 8.35. The van der Waals surface area contributed by atoms with Crippen LogP contribution in [0.25, 0.3) is 5.65 Å². The second kappa shape index (κ2) is 10.0. The van der Waals surface area contributed by atoms with E-state index in [1.807, 2.05) is 0 Å². The summed E-state index contributed by atoms with van der Waals surface area (Å²) in [6.07, 6.45) is 4.51. The Labute approximate surface area is 188 Å². The van der Waals surface area contributed by atoms with Gasteiger partial charge in [-0.15, -0.1) is 5.10 Å². The summed E-state index contributed by atoms with van der Waals surface area (Å²) in [6, 6.07) is 6.71. The van der Waals surface area contributed by atoms with Crippen LogP contribution < -0.4 is 25.4 Å². The molecule has 0 radical (unpaired) electrons. The molecule has 1 aliphatic heterocycles. The lowest BCUT2D eigenvalue weighted by atomic mass is 10.1. The predicted octanol–water partition coefficient (Wildman–Crippen LogP) is 2.67. The van der Waals surface area contributed by atoms with E-state index in [9.17, 15) is 0 Å². The Hall–Kier alpha value is -3.07. The number of unbranched alkanes of at least 4 members (excludes halogenated alkanes) is 1. The largest absolute Gasteiger partial charge is 0.489 e. The van der Waals surface area contributed by atoms with Crippen molar-refractivity contribution >= 4 is 17.2 Å². The number of nitrogen functional groups attached to an aromatic ring is 1. The molecule has 1 aliphatic rings. The molecule has 0 unspecified atom stereocenters. The van der Waals surface area contributed by atoms with E-state index in [0.29, 0.717) is 24.5 Å². The third kappa shape index (κ3) is 5.04. The molecule has 1 fully saturated rings. The number of anilines is 2. The number of ether oxygens (including phenoxy) is 2.